The fraction of sp³-hybridized carbons (Fsp3) is 0.263. The molecule has 2 atom stereocenters. The molecular weight excluding hydrogens is 322 g/mol. The van der Waals surface area contributed by atoms with Crippen LogP contribution in [-0.2, 0) is 20.9 Å². The average molecular weight is 341 g/mol. The minimum absolute atomic E-state index is 0.228. The third-order valence-corrected chi connectivity index (χ3v) is 3.82. The van der Waals surface area contributed by atoms with Crippen molar-refractivity contribution in [2.24, 2.45) is 0 Å². The Hall–Kier alpha value is -3.02. The summed E-state index contributed by atoms with van der Waals surface area (Å²) in [5, 5.41) is 2.63. The number of amides is 1. The van der Waals surface area contributed by atoms with Crippen LogP contribution < -0.4 is 10.1 Å². The number of esters is 1. The number of nitrogens with one attached hydrogen (secondary N) is 1. The Morgan fingerprint density at radius 2 is 1.84 bits per heavy atom. The standard InChI is InChI=1S/C19H19NO5/c1-2-23-18(21)17-16(20-19(22)25-17)14-8-10-15(11-9-14)24-12-13-6-4-3-5-7-13/h3-11,16-17H,2,12H2,1H3,(H,20,22)/t16-,17+/m0/s1. The second-order valence-corrected chi connectivity index (χ2v) is 5.54. The minimum Gasteiger partial charge on any atom is -0.489 e. The van der Waals surface area contributed by atoms with E-state index in [-0.39, 0.29) is 6.61 Å². The monoisotopic (exact) mass is 341 g/mol. The Balaban J connectivity index is 1.66. The van der Waals surface area contributed by atoms with Crippen molar-refractivity contribution in [3.8, 4) is 5.75 Å². The van der Waals surface area contributed by atoms with E-state index in [9.17, 15) is 9.59 Å². The number of carbonyl (C=O) groups excluding carboxylic acids is 2. The maximum absolute atomic E-state index is 11.9. The molecule has 0 spiro atoms. The van der Waals surface area contributed by atoms with Crippen LogP contribution in [0.1, 0.15) is 24.1 Å². The Morgan fingerprint density at radius 1 is 1.12 bits per heavy atom. The molecule has 1 heterocycles. The van der Waals surface area contributed by atoms with Crippen molar-refractivity contribution in [2.75, 3.05) is 6.61 Å². The molecule has 1 saturated heterocycles. The lowest BCUT2D eigenvalue weighted by atomic mass is 10.0. The zero-order valence-corrected chi connectivity index (χ0v) is 13.8. The molecule has 1 aliphatic heterocycles. The molecule has 0 radical (unpaired) electrons. The number of hydrogen-bond acceptors (Lipinski definition) is 5. The average Bonchev–Trinajstić information content (AvgIpc) is 3.03. The highest BCUT2D eigenvalue weighted by Crippen LogP contribution is 2.27. The van der Waals surface area contributed by atoms with Crippen molar-refractivity contribution in [1.29, 1.82) is 0 Å². The first-order valence-corrected chi connectivity index (χ1v) is 8.08. The number of ether oxygens (including phenoxy) is 3. The summed E-state index contributed by atoms with van der Waals surface area (Å²) in [6.45, 7) is 2.40. The van der Waals surface area contributed by atoms with Crippen LogP contribution in [0.5, 0.6) is 5.75 Å². The van der Waals surface area contributed by atoms with Gasteiger partial charge in [-0.25, -0.2) is 9.59 Å². The highest BCUT2D eigenvalue weighted by atomic mass is 16.6. The van der Waals surface area contributed by atoms with E-state index in [2.05, 4.69) is 5.32 Å². The van der Waals surface area contributed by atoms with Gasteiger partial charge in [0.15, 0.2) is 0 Å². The van der Waals surface area contributed by atoms with Crippen molar-refractivity contribution in [3.05, 3.63) is 65.7 Å². The quantitative estimate of drug-likeness (QED) is 0.818. The fourth-order valence-corrected chi connectivity index (χ4v) is 2.60. The van der Waals surface area contributed by atoms with Crippen molar-refractivity contribution in [1.82, 2.24) is 5.32 Å². The van der Waals surface area contributed by atoms with Crippen LogP contribution in [0.4, 0.5) is 4.79 Å². The molecule has 0 saturated carbocycles. The summed E-state index contributed by atoms with van der Waals surface area (Å²) in [4.78, 5) is 23.4. The van der Waals surface area contributed by atoms with Crippen LogP contribution in [0.15, 0.2) is 54.6 Å². The number of carbonyl (C=O) groups is 2. The first-order chi connectivity index (χ1) is 12.2. The molecule has 25 heavy (non-hydrogen) atoms. The number of rotatable bonds is 6. The van der Waals surface area contributed by atoms with E-state index in [0.29, 0.717) is 12.4 Å². The highest BCUT2D eigenvalue weighted by Gasteiger charge is 2.41. The third kappa shape index (κ3) is 4.09. The van der Waals surface area contributed by atoms with Gasteiger partial charge in [-0.2, -0.15) is 0 Å². The SMILES string of the molecule is CCOC(=O)[C@@H]1OC(=O)N[C@H]1c1ccc(OCc2ccccc2)cc1. The summed E-state index contributed by atoms with van der Waals surface area (Å²) in [5.74, 6) is 0.140. The van der Waals surface area contributed by atoms with Crippen molar-refractivity contribution in [2.45, 2.75) is 25.7 Å². The van der Waals surface area contributed by atoms with Gasteiger partial charge in [-0.1, -0.05) is 42.5 Å². The lowest BCUT2D eigenvalue weighted by Crippen LogP contribution is -2.30. The largest absolute Gasteiger partial charge is 0.489 e. The molecule has 1 fully saturated rings. The van der Waals surface area contributed by atoms with Gasteiger partial charge in [-0.15, -0.1) is 0 Å². The zero-order valence-electron chi connectivity index (χ0n) is 13.8. The molecule has 0 aliphatic carbocycles. The summed E-state index contributed by atoms with van der Waals surface area (Å²) < 4.78 is 15.7. The minimum atomic E-state index is -0.983. The molecular formula is C19H19NO5. The molecule has 0 bridgehead atoms. The van der Waals surface area contributed by atoms with E-state index in [1.165, 1.54) is 0 Å². The number of hydrogen-bond donors (Lipinski definition) is 1. The Kier molecular flexibility index (Phi) is 5.18. The van der Waals surface area contributed by atoms with Crippen molar-refractivity contribution >= 4 is 12.1 Å². The first kappa shape index (κ1) is 16.8. The van der Waals surface area contributed by atoms with Gasteiger partial charge in [0.1, 0.15) is 18.4 Å². The van der Waals surface area contributed by atoms with Crippen molar-refractivity contribution in [3.63, 3.8) is 0 Å². The van der Waals surface area contributed by atoms with Crippen LogP contribution in [0, 0.1) is 0 Å². The van der Waals surface area contributed by atoms with Gasteiger partial charge in [-0.3, -0.25) is 0 Å². The normalized spacial score (nSPS) is 19.0. The van der Waals surface area contributed by atoms with Crippen molar-refractivity contribution < 1.29 is 23.8 Å². The molecule has 0 aromatic heterocycles. The van der Waals surface area contributed by atoms with E-state index in [1.54, 1.807) is 31.2 Å². The number of benzene rings is 2. The Labute approximate surface area is 145 Å². The van der Waals surface area contributed by atoms with Crippen LogP contribution in [0.3, 0.4) is 0 Å². The Morgan fingerprint density at radius 3 is 2.52 bits per heavy atom. The molecule has 1 N–H and O–H groups in total. The van der Waals surface area contributed by atoms with Crippen LogP contribution in [0.2, 0.25) is 0 Å². The van der Waals surface area contributed by atoms with Gasteiger partial charge in [-0.05, 0) is 30.2 Å². The molecule has 0 unspecified atom stereocenters. The Bertz CT molecular complexity index is 729. The molecule has 3 rings (SSSR count). The third-order valence-electron chi connectivity index (χ3n) is 3.82. The van der Waals surface area contributed by atoms with Gasteiger partial charge in [0.05, 0.1) is 6.61 Å². The van der Waals surface area contributed by atoms with Crippen LogP contribution in [0.25, 0.3) is 0 Å². The van der Waals surface area contributed by atoms with Gasteiger partial charge >= 0.3 is 12.1 Å². The predicted octanol–water partition coefficient (Wildman–Crippen LogP) is 2.98. The summed E-state index contributed by atoms with van der Waals surface area (Å²) in [7, 11) is 0. The van der Waals surface area contributed by atoms with Crippen LogP contribution in [-0.4, -0.2) is 24.8 Å². The lowest BCUT2D eigenvalue weighted by Gasteiger charge is -2.16. The second kappa shape index (κ2) is 7.70. The predicted molar refractivity (Wildman–Crippen MR) is 90.0 cm³/mol. The second-order valence-electron chi connectivity index (χ2n) is 5.54. The molecule has 6 heteroatoms. The van der Waals surface area contributed by atoms with E-state index >= 15 is 0 Å². The summed E-state index contributed by atoms with van der Waals surface area (Å²) in [5.41, 5.74) is 1.82. The molecule has 130 valence electrons. The fourth-order valence-electron chi connectivity index (χ4n) is 2.60. The van der Waals surface area contributed by atoms with E-state index in [1.807, 2.05) is 30.3 Å². The van der Waals surface area contributed by atoms with Crippen LogP contribution >= 0.6 is 0 Å². The van der Waals surface area contributed by atoms with Gasteiger partial charge in [0.2, 0.25) is 6.10 Å². The summed E-state index contributed by atoms with van der Waals surface area (Å²) in [6.07, 6.45) is -1.61. The van der Waals surface area contributed by atoms with Gasteiger partial charge in [0.25, 0.3) is 0 Å². The first-order valence-electron chi connectivity index (χ1n) is 8.08. The molecule has 2 aromatic rings. The van der Waals surface area contributed by atoms with E-state index in [0.717, 1.165) is 11.1 Å². The molecule has 1 aliphatic rings. The topological polar surface area (TPSA) is 73.9 Å². The van der Waals surface area contributed by atoms with Gasteiger partial charge < -0.3 is 19.5 Å². The summed E-state index contributed by atoms with van der Waals surface area (Å²) >= 11 is 0. The molecule has 2 aromatic carbocycles. The lowest BCUT2D eigenvalue weighted by molar-refractivity contribution is -0.152. The van der Waals surface area contributed by atoms with Gasteiger partial charge in [0, 0.05) is 0 Å². The smallest absolute Gasteiger partial charge is 0.408 e. The maximum Gasteiger partial charge on any atom is 0.408 e. The number of alkyl carbamates (subject to hydrolysis) is 1. The van der Waals surface area contributed by atoms with E-state index < -0.39 is 24.2 Å². The summed E-state index contributed by atoms with van der Waals surface area (Å²) in [6, 6.07) is 16.5. The zero-order chi connectivity index (χ0) is 17.6. The van der Waals surface area contributed by atoms with E-state index in [4.69, 9.17) is 14.2 Å². The number of cyclic esters (lactones) is 1. The highest BCUT2D eigenvalue weighted by molar-refractivity contribution is 5.83. The maximum atomic E-state index is 11.9. The molecule has 1 amide bonds. The molecule has 6 nitrogen and oxygen atoms in total.